The molecule has 2 heteroatoms. The van der Waals surface area contributed by atoms with E-state index in [0.717, 1.165) is 22.0 Å². The summed E-state index contributed by atoms with van der Waals surface area (Å²) in [7, 11) is 0. The van der Waals surface area contributed by atoms with E-state index in [4.69, 9.17) is 0 Å². The molecule has 2 aromatic carbocycles. The van der Waals surface area contributed by atoms with Crippen molar-refractivity contribution < 1.29 is 5.11 Å². The minimum absolute atomic E-state index is 0.628. The Bertz CT molecular complexity index is 724. The molecule has 1 unspecified atom stereocenters. The summed E-state index contributed by atoms with van der Waals surface area (Å²) in [5, 5.41) is 12.2. The third-order valence-electron chi connectivity index (χ3n) is 3.84. The molecule has 0 aliphatic heterocycles. The monoisotopic (exact) mass is 263 g/mol. The Kier molecular flexibility index (Phi) is 3.25. The smallest absolute Gasteiger partial charge is 0.114 e. The molecule has 0 aliphatic rings. The third kappa shape index (κ3) is 2.08. The van der Waals surface area contributed by atoms with Crippen LogP contribution in [0.5, 0.6) is 0 Å². The van der Waals surface area contributed by atoms with Gasteiger partial charge in [0, 0.05) is 11.6 Å². The van der Waals surface area contributed by atoms with Gasteiger partial charge in [-0.3, -0.25) is 4.98 Å². The number of hydrogen-bond acceptors (Lipinski definition) is 2. The highest BCUT2D eigenvalue weighted by molar-refractivity contribution is 5.79. The minimum atomic E-state index is -0.953. The number of pyridine rings is 1. The lowest BCUT2D eigenvalue weighted by atomic mass is 9.84. The van der Waals surface area contributed by atoms with E-state index >= 15 is 0 Å². The van der Waals surface area contributed by atoms with E-state index in [1.54, 1.807) is 6.20 Å². The van der Waals surface area contributed by atoms with Crippen molar-refractivity contribution >= 4 is 10.9 Å². The standard InChI is InChI=1S/C18H17NO/c1-2-18(20,15-8-4-3-5-9-15)16-10-11-17-14(13-16)7-6-12-19-17/h3-13,20H,2H2,1H3. The first-order chi connectivity index (χ1) is 9.74. The maximum Gasteiger partial charge on any atom is 0.114 e. The second-order valence-electron chi connectivity index (χ2n) is 4.99. The molecule has 1 N–H and O–H groups in total. The van der Waals surface area contributed by atoms with Crippen molar-refractivity contribution in [2.75, 3.05) is 0 Å². The van der Waals surface area contributed by atoms with E-state index in [1.165, 1.54) is 0 Å². The average Bonchev–Trinajstić information content (AvgIpc) is 2.54. The Balaban J connectivity index is 2.16. The van der Waals surface area contributed by atoms with Crippen LogP contribution in [0.2, 0.25) is 0 Å². The van der Waals surface area contributed by atoms with Crippen LogP contribution in [-0.4, -0.2) is 10.1 Å². The first kappa shape index (κ1) is 12.8. The molecule has 1 heterocycles. The molecule has 100 valence electrons. The Morgan fingerprint density at radius 2 is 1.75 bits per heavy atom. The fourth-order valence-electron chi connectivity index (χ4n) is 2.62. The number of aromatic nitrogens is 1. The van der Waals surface area contributed by atoms with Crippen LogP contribution < -0.4 is 0 Å². The molecule has 0 bridgehead atoms. The highest BCUT2D eigenvalue weighted by Crippen LogP contribution is 2.33. The van der Waals surface area contributed by atoms with Crippen molar-refractivity contribution in [3.05, 3.63) is 78.0 Å². The lowest BCUT2D eigenvalue weighted by Gasteiger charge is -2.28. The van der Waals surface area contributed by atoms with Gasteiger partial charge in [0.1, 0.15) is 5.60 Å². The highest BCUT2D eigenvalue weighted by atomic mass is 16.3. The molecule has 0 amide bonds. The molecule has 20 heavy (non-hydrogen) atoms. The lowest BCUT2D eigenvalue weighted by Crippen LogP contribution is -2.26. The Labute approximate surface area is 118 Å². The largest absolute Gasteiger partial charge is 0.380 e. The summed E-state index contributed by atoms with van der Waals surface area (Å²) >= 11 is 0. The third-order valence-corrected chi connectivity index (χ3v) is 3.84. The zero-order chi connectivity index (χ0) is 14.0. The van der Waals surface area contributed by atoms with Gasteiger partial charge in [0.15, 0.2) is 0 Å². The number of nitrogens with zero attached hydrogens (tertiary/aromatic N) is 1. The molecule has 3 rings (SSSR count). The molecule has 1 atom stereocenters. The van der Waals surface area contributed by atoms with E-state index < -0.39 is 5.60 Å². The highest BCUT2D eigenvalue weighted by Gasteiger charge is 2.29. The quantitative estimate of drug-likeness (QED) is 0.778. The Hall–Kier alpha value is -2.19. The van der Waals surface area contributed by atoms with Crippen LogP contribution in [0.15, 0.2) is 66.9 Å². The van der Waals surface area contributed by atoms with E-state index in [2.05, 4.69) is 4.98 Å². The molecule has 0 aliphatic carbocycles. The molecule has 3 aromatic rings. The second-order valence-corrected chi connectivity index (χ2v) is 4.99. The van der Waals surface area contributed by atoms with Gasteiger partial charge in [-0.25, -0.2) is 0 Å². The number of benzene rings is 2. The summed E-state index contributed by atoms with van der Waals surface area (Å²) in [5.41, 5.74) is 1.82. The van der Waals surface area contributed by atoms with Crippen LogP contribution >= 0.6 is 0 Å². The summed E-state index contributed by atoms with van der Waals surface area (Å²) in [5.74, 6) is 0. The first-order valence-corrected chi connectivity index (χ1v) is 6.87. The zero-order valence-electron chi connectivity index (χ0n) is 11.5. The predicted molar refractivity (Wildman–Crippen MR) is 81.5 cm³/mol. The number of hydrogen-bond donors (Lipinski definition) is 1. The second kappa shape index (κ2) is 5.06. The van der Waals surface area contributed by atoms with Crippen molar-refractivity contribution in [3.63, 3.8) is 0 Å². The van der Waals surface area contributed by atoms with Crippen molar-refractivity contribution in [3.8, 4) is 0 Å². The number of aliphatic hydroxyl groups is 1. The van der Waals surface area contributed by atoms with E-state index in [1.807, 2.05) is 67.6 Å². The summed E-state index contributed by atoms with van der Waals surface area (Å²) in [6.07, 6.45) is 2.41. The maximum absolute atomic E-state index is 11.1. The van der Waals surface area contributed by atoms with Crippen LogP contribution in [0, 0.1) is 0 Å². The molecular formula is C18H17NO. The summed E-state index contributed by atoms with van der Waals surface area (Å²) in [6, 6.07) is 19.7. The molecule has 0 saturated heterocycles. The molecular weight excluding hydrogens is 246 g/mol. The Morgan fingerprint density at radius 1 is 0.950 bits per heavy atom. The van der Waals surface area contributed by atoms with Crippen molar-refractivity contribution in [1.29, 1.82) is 0 Å². The zero-order valence-corrected chi connectivity index (χ0v) is 11.5. The van der Waals surface area contributed by atoms with Gasteiger partial charge in [-0.1, -0.05) is 49.4 Å². The summed E-state index contributed by atoms with van der Waals surface area (Å²) in [4.78, 5) is 4.32. The van der Waals surface area contributed by atoms with Gasteiger partial charge >= 0.3 is 0 Å². The molecule has 0 saturated carbocycles. The fraction of sp³-hybridized carbons (Fsp3) is 0.167. The van der Waals surface area contributed by atoms with Gasteiger partial charge in [-0.2, -0.15) is 0 Å². The average molecular weight is 263 g/mol. The topological polar surface area (TPSA) is 33.1 Å². The fourth-order valence-corrected chi connectivity index (χ4v) is 2.62. The van der Waals surface area contributed by atoms with Gasteiger partial charge in [-0.15, -0.1) is 0 Å². The molecule has 0 radical (unpaired) electrons. The lowest BCUT2D eigenvalue weighted by molar-refractivity contribution is 0.0767. The van der Waals surface area contributed by atoms with Gasteiger partial charge in [0.25, 0.3) is 0 Å². The van der Waals surface area contributed by atoms with Crippen LogP contribution in [-0.2, 0) is 5.60 Å². The molecule has 2 nitrogen and oxygen atoms in total. The molecule has 0 spiro atoms. The SMILES string of the molecule is CCC(O)(c1ccccc1)c1ccc2ncccc2c1. The predicted octanol–water partition coefficient (Wildman–Crippen LogP) is 3.88. The summed E-state index contributed by atoms with van der Waals surface area (Å²) < 4.78 is 0. The summed E-state index contributed by atoms with van der Waals surface area (Å²) in [6.45, 7) is 2.00. The van der Waals surface area contributed by atoms with E-state index in [-0.39, 0.29) is 0 Å². The van der Waals surface area contributed by atoms with Crippen LogP contribution in [0.3, 0.4) is 0 Å². The first-order valence-electron chi connectivity index (χ1n) is 6.87. The maximum atomic E-state index is 11.1. The van der Waals surface area contributed by atoms with Gasteiger partial charge in [-0.05, 0) is 35.7 Å². The van der Waals surface area contributed by atoms with Crippen molar-refractivity contribution in [2.24, 2.45) is 0 Å². The number of rotatable bonds is 3. The van der Waals surface area contributed by atoms with Crippen molar-refractivity contribution in [1.82, 2.24) is 4.98 Å². The van der Waals surface area contributed by atoms with E-state index in [9.17, 15) is 5.11 Å². The van der Waals surface area contributed by atoms with E-state index in [0.29, 0.717) is 6.42 Å². The Morgan fingerprint density at radius 3 is 2.50 bits per heavy atom. The van der Waals surface area contributed by atoms with Gasteiger partial charge in [0.2, 0.25) is 0 Å². The van der Waals surface area contributed by atoms with Gasteiger partial charge < -0.3 is 5.11 Å². The molecule has 1 aromatic heterocycles. The molecule has 0 fully saturated rings. The van der Waals surface area contributed by atoms with Crippen LogP contribution in [0.1, 0.15) is 24.5 Å². The minimum Gasteiger partial charge on any atom is -0.380 e. The van der Waals surface area contributed by atoms with Crippen LogP contribution in [0.25, 0.3) is 10.9 Å². The normalized spacial score (nSPS) is 14.1. The van der Waals surface area contributed by atoms with Gasteiger partial charge in [0.05, 0.1) is 5.52 Å². The number of fused-ring (bicyclic) bond motifs is 1. The van der Waals surface area contributed by atoms with Crippen molar-refractivity contribution in [2.45, 2.75) is 18.9 Å². The van der Waals surface area contributed by atoms with Crippen LogP contribution in [0.4, 0.5) is 0 Å².